The molecular weight excluding hydrogens is 469 g/mol. The summed E-state index contributed by atoms with van der Waals surface area (Å²) in [5.74, 6) is -7.21. The van der Waals surface area contributed by atoms with Gasteiger partial charge in [0.05, 0.1) is 30.4 Å². The molecule has 190 valence electrons. The molecule has 34 heavy (non-hydrogen) atoms. The SMILES string of the molecule is CC(C)(F)CNC(=O)[C@@H](CC(F)(F)F)c1ccc2[nH]c([C@@H](N)C3CCC(F)(F)CC3)nc2c1F. The number of alkyl halides is 6. The zero-order valence-corrected chi connectivity index (χ0v) is 18.7. The minimum Gasteiger partial charge on any atom is -0.352 e. The highest BCUT2D eigenvalue weighted by molar-refractivity contribution is 5.86. The number of rotatable bonds is 7. The Kier molecular flexibility index (Phi) is 7.22. The topological polar surface area (TPSA) is 83.8 Å². The molecule has 2 aromatic rings. The molecule has 1 saturated carbocycles. The van der Waals surface area contributed by atoms with Crippen molar-refractivity contribution < 1.29 is 35.5 Å². The van der Waals surface area contributed by atoms with Crippen LogP contribution in [0.15, 0.2) is 12.1 Å². The Morgan fingerprint density at radius 3 is 2.41 bits per heavy atom. The van der Waals surface area contributed by atoms with E-state index in [9.17, 15) is 31.1 Å². The van der Waals surface area contributed by atoms with Crippen LogP contribution in [0, 0.1) is 11.7 Å². The molecule has 1 aromatic heterocycles. The van der Waals surface area contributed by atoms with Gasteiger partial charge < -0.3 is 16.0 Å². The fourth-order valence-corrected chi connectivity index (χ4v) is 4.14. The Morgan fingerprint density at radius 1 is 1.24 bits per heavy atom. The van der Waals surface area contributed by atoms with E-state index in [4.69, 9.17) is 5.73 Å². The molecule has 0 unspecified atom stereocenters. The van der Waals surface area contributed by atoms with Gasteiger partial charge in [-0.05, 0) is 38.7 Å². The Balaban J connectivity index is 1.90. The molecular formula is C22H27F7N4O. The molecule has 1 fully saturated rings. The molecule has 0 radical (unpaired) electrons. The summed E-state index contributed by atoms with van der Waals surface area (Å²) in [6, 6.07) is 1.53. The number of hydrogen-bond donors (Lipinski definition) is 3. The summed E-state index contributed by atoms with van der Waals surface area (Å²) in [6.07, 6.45) is -6.80. The van der Waals surface area contributed by atoms with Crippen molar-refractivity contribution in [2.75, 3.05) is 6.54 Å². The summed E-state index contributed by atoms with van der Waals surface area (Å²) in [4.78, 5) is 19.4. The number of benzene rings is 1. The molecule has 2 atom stereocenters. The number of aromatic nitrogens is 2. The minimum atomic E-state index is -4.79. The lowest BCUT2D eigenvalue weighted by molar-refractivity contribution is -0.148. The first-order valence-electron chi connectivity index (χ1n) is 10.9. The van der Waals surface area contributed by atoms with E-state index in [1.165, 1.54) is 6.07 Å². The average Bonchev–Trinajstić information content (AvgIpc) is 3.14. The van der Waals surface area contributed by atoms with Gasteiger partial charge in [0, 0.05) is 18.4 Å². The zero-order valence-electron chi connectivity index (χ0n) is 18.7. The molecule has 0 aliphatic heterocycles. The number of hydrogen-bond acceptors (Lipinski definition) is 3. The zero-order chi connectivity index (χ0) is 25.5. The number of H-pyrrole nitrogens is 1. The number of nitrogens with one attached hydrogen (secondary N) is 2. The summed E-state index contributed by atoms with van der Waals surface area (Å²) in [7, 11) is 0. The number of fused-ring (bicyclic) bond motifs is 1. The lowest BCUT2D eigenvalue weighted by Gasteiger charge is -2.31. The van der Waals surface area contributed by atoms with Crippen molar-refractivity contribution in [3.05, 3.63) is 29.3 Å². The van der Waals surface area contributed by atoms with Crippen LogP contribution >= 0.6 is 0 Å². The second kappa shape index (κ2) is 9.35. The van der Waals surface area contributed by atoms with Crippen molar-refractivity contribution in [3.63, 3.8) is 0 Å². The molecule has 1 aliphatic carbocycles. The molecule has 0 saturated heterocycles. The number of carbonyl (C=O) groups is 1. The molecule has 0 bridgehead atoms. The Labute approximate surface area is 191 Å². The molecule has 4 N–H and O–H groups in total. The molecule has 5 nitrogen and oxygen atoms in total. The van der Waals surface area contributed by atoms with Crippen LogP contribution in [-0.4, -0.2) is 40.2 Å². The van der Waals surface area contributed by atoms with Crippen molar-refractivity contribution in [2.45, 2.75) is 75.7 Å². The number of nitrogens with zero attached hydrogens (tertiary/aromatic N) is 1. The van der Waals surface area contributed by atoms with Gasteiger partial charge in [-0.15, -0.1) is 0 Å². The number of amides is 1. The van der Waals surface area contributed by atoms with Crippen LogP contribution in [0.3, 0.4) is 0 Å². The summed E-state index contributed by atoms with van der Waals surface area (Å²) >= 11 is 0. The molecule has 1 aromatic carbocycles. The van der Waals surface area contributed by atoms with Crippen LogP contribution in [0.25, 0.3) is 11.0 Å². The van der Waals surface area contributed by atoms with E-state index in [0.717, 1.165) is 19.9 Å². The van der Waals surface area contributed by atoms with Crippen molar-refractivity contribution in [2.24, 2.45) is 11.7 Å². The van der Waals surface area contributed by atoms with Gasteiger partial charge in [0.15, 0.2) is 5.82 Å². The summed E-state index contributed by atoms with van der Waals surface area (Å²) in [5.41, 5.74) is 3.59. The lowest BCUT2D eigenvalue weighted by atomic mass is 9.82. The van der Waals surface area contributed by atoms with Gasteiger partial charge >= 0.3 is 6.18 Å². The third-order valence-electron chi connectivity index (χ3n) is 6.04. The van der Waals surface area contributed by atoms with Gasteiger partial charge in [-0.25, -0.2) is 22.5 Å². The molecule has 1 heterocycles. The van der Waals surface area contributed by atoms with Crippen LogP contribution < -0.4 is 11.1 Å². The standard InChI is InChI=1S/C22H27F7N4O/c1-20(2,24)10-31-19(34)13(9-22(27,28)29)12-3-4-14-17(15(12)23)33-18(32-14)16(30)11-5-7-21(25,26)8-6-11/h3-4,11,13,16H,5-10,30H2,1-2H3,(H,31,34)(H,32,33)/t13-,16-/m0/s1. The maximum Gasteiger partial charge on any atom is 0.390 e. The second-order valence-electron chi connectivity index (χ2n) is 9.51. The number of aromatic amines is 1. The van der Waals surface area contributed by atoms with Crippen LogP contribution in [0.2, 0.25) is 0 Å². The molecule has 1 amide bonds. The van der Waals surface area contributed by atoms with Crippen LogP contribution in [0.1, 0.15) is 69.3 Å². The third-order valence-corrected chi connectivity index (χ3v) is 6.04. The first kappa shape index (κ1) is 26.2. The Bertz CT molecular complexity index is 1020. The number of carbonyl (C=O) groups excluding carboxylic acids is 1. The van der Waals surface area contributed by atoms with E-state index in [-0.39, 0.29) is 48.5 Å². The third kappa shape index (κ3) is 6.39. The van der Waals surface area contributed by atoms with Gasteiger partial charge in [-0.2, -0.15) is 13.2 Å². The number of imidazole rings is 1. The predicted molar refractivity (Wildman–Crippen MR) is 111 cm³/mol. The number of halogens is 7. The maximum absolute atomic E-state index is 15.3. The molecule has 1 aliphatic rings. The van der Waals surface area contributed by atoms with Gasteiger partial charge in [-0.1, -0.05) is 6.07 Å². The van der Waals surface area contributed by atoms with Crippen LogP contribution in [0.4, 0.5) is 30.7 Å². The van der Waals surface area contributed by atoms with E-state index in [1.807, 2.05) is 0 Å². The van der Waals surface area contributed by atoms with Crippen LogP contribution in [0.5, 0.6) is 0 Å². The Hall–Kier alpha value is -2.37. The lowest BCUT2D eigenvalue weighted by Crippen LogP contribution is -2.39. The fourth-order valence-electron chi connectivity index (χ4n) is 4.14. The van der Waals surface area contributed by atoms with E-state index in [1.54, 1.807) is 0 Å². The monoisotopic (exact) mass is 496 g/mol. The van der Waals surface area contributed by atoms with Crippen molar-refractivity contribution in [3.8, 4) is 0 Å². The van der Waals surface area contributed by atoms with Gasteiger partial charge in [0.25, 0.3) is 0 Å². The first-order valence-corrected chi connectivity index (χ1v) is 10.9. The quantitative estimate of drug-likeness (QED) is 0.447. The van der Waals surface area contributed by atoms with Crippen molar-refractivity contribution >= 4 is 16.9 Å². The van der Waals surface area contributed by atoms with E-state index in [0.29, 0.717) is 0 Å². The number of nitrogens with two attached hydrogens (primary N) is 1. The fraction of sp³-hybridized carbons (Fsp3) is 0.636. The summed E-state index contributed by atoms with van der Waals surface area (Å²) in [6.45, 7) is 1.73. The van der Waals surface area contributed by atoms with E-state index in [2.05, 4.69) is 15.3 Å². The second-order valence-corrected chi connectivity index (χ2v) is 9.51. The Morgan fingerprint density at radius 2 is 1.85 bits per heavy atom. The van der Waals surface area contributed by atoms with Crippen molar-refractivity contribution in [1.29, 1.82) is 0 Å². The van der Waals surface area contributed by atoms with Crippen molar-refractivity contribution in [1.82, 2.24) is 15.3 Å². The van der Waals surface area contributed by atoms with Gasteiger partial charge in [0.1, 0.15) is 17.0 Å². The normalized spacial score (nSPS) is 19.2. The van der Waals surface area contributed by atoms with Gasteiger partial charge in [-0.3, -0.25) is 4.79 Å². The summed E-state index contributed by atoms with van der Waals surface area (Å²) < 4.78 is 95.4. The maximum atomic E-state index is 15.3. The molecule has 12 heteroatoms. The summed E-state index contributed by atoms with van der Waals surface area (Å²) in [5, 5.41) is 2.10. The highest BCUT2D eigenvalue weighted by Crippen LogP contribution is 2.41. The smallest absolute Gasteiger partial charge is 0.352 e. The van der Waals surface area contributed by atoms with E-state index < -0.39 is 60.0 Å². The van der Waals surface area contributed by atoms with E-state index >= 15 is 4.39 Å². The highest BCUT2D eigenvalue weighted by atomic mass is 19.4. The minimum absolute atomic E-state index is 0.122. The van der Waals surface area contributed by atoms with Gasteiger partial charge in [0.2, 0.25) is 11.8 Å². The molecule has 3 rings (SSSR count). The average molecular weight is 496 g/mol. The highest BCUT2D eigenvalue weighted by Gasteiger charge is 2.40. The largest absolute Gasteiger partial charge is 0.390 e. The predicted octanol–water partition coefficient (Wildman–Crippen LogP) is 5.43. The molecule has 0 spiro atoms. The first-order chi connectivity index (χ1) is 15.6. The van der Waals surface area contributed by atoms with Crippen LogP contribution in [-0.2, 0) is 4.79 Å².